The van der Waals surface area contributed by atoms with Crippen LogP contribution in [0, 0.1) is 0 Å². The third kappa shape index (κ3) is 4.65. The van der Waals surface area contributed by atoms with Crippen molar-refractivity contribution in [3.8, 4) is 0 Å². The summed E-state index contributed by atoms with van der Waals surface area (Å²) in [6.45, 7) is 6.94. The first-order valence-electron chi connectivity index (χ1n) is 4.60. The highest BCUT2D eigenvalue weighted by Crippen LogP contribution is 1.93. The van der Waals surface area contributed by atoms with Gasteiger partial charge in [-0.2, -0.15) is 0 Å². The summed E-state index contributed by atoms with van der Waals surface area (Å²) in [5.74, 6) is 0.879. The first-order valence-corrected chi connectivity index (χ1v) is 4.60. The fraction of sp³-hybridized carbons (Fsp3) is 0.667. The summed E-state index contributed by atoms with van der Waals surface area (Å²) in [6, 6.07) is 0.548. The predicted octanol–water partition coefficient (Wildman–Crippen LogP) is 0.762. The van der Waals surface area contributed by atoms with Gasteiger partial charge < -0.3 is 15.1 Å². The number of nitrogens with one attached hydrogen (secondary N) is 2. The molecular weight excluding hydrogens is 166 g/mol. The summed E-state index contributed by atoms with van der Waals surface area (Å²) in [6.07, 6.45) is 3.17. The molecule has 0 aliphatic rings. The molecule has 0 aromatic carbocycles. The SMILES string of the molecule is CC(C)NCCNCc1cnco1. The van der Waals surface area contributed by atoms with Crippen molar-refractivity contribution in [1.29, 1.82) is 0 Å². The summed E-state index contributed by atoms with van der Waals surface area (Å²) in [5, 5.41) is 6.56. The quantitative estimate of drug-likeness (QED) is 0.639. The van der Waals surface area contributed by atoms with Gasteiger partial charge in [0.05, 0.1) is 12.7 Å². The first kappa shape index (κ1) is 10.2. The summed E-state index contributed by atoms with van der Waals surface area (Å²) in [7, 11) is 0. The molecule has 0 radical (unpaired) electrons. The minimum Gasteiger partial charge on any atom is -0.447 e. The Morgan fingerprint density at radius 1 is 1.46 bits per heavy atom. The molecule has 74 valence electrons. The van der Waals surface area contributed by atoms with E-state index in [4.69, 9.17) is 4.42 Å². The minimum atomic E-state index is 0.548. The number of nitrogens with zero attached hydrogens (tertiary/aromatic N) is 1. The van der Waals surface area contributed by atoms with E-state index in [1.54, 1.807) is 6.20 Å². The molecule has 13 heavy (non-hydrogen) atoms. The van der Waals surface area contributed by atoms with Crippen molar-refractivity contribution in [1.82, 2.24) is 15.6 Å². The van der Waals surface area contributed by atoms with Crippen LogP contribution in [0.3, 0.4) is 0 Å². The number of hydrogen-bond donors (Lipinski definition) is 2. The first-order chi connectivity index (χ1) is 6.29. The fourth-order valence-corrected chi connectivity index (χ4v) is 0.990. The average molecular weight is 183 g/mol. The largest absolute Gasteiger partial charge is 0.447 e. The highest BCUT2D eigenvalue weighted by molar-refractivity contribution is 4.86. The van der Waals surface area contributed by atoms with Crippen molar-refractivity contribution in [2.75, 3.05) is 13.1 Å². The second-order valence-electron chi connectivity index (χ2n) is 3.25. The number of hydrogen-bond acceptors (Lipinski definition) is 4. The second-order valence-corrected chi connectivity index (χ2v) is 3.25. The molecule has 0 atom stereocenters. The zero-order chi connectivity index (χ0) is 9.52. The molecule has 2 N–H and O–H groups in total. The molecule has 0 aliphatic heterocycles. The lowest BCUT2D eigenvalue weighted by Crippen LogP contribution is -2.31. The third-order valence-corrected chi connectivity index (χ3v) is 1.64. The Morgan fingerprint density at radius 2 is 2.31 bits per heavy atom. The number of aromatic nitrogens is 1. The monoisotopic (exact) mass is 183 g/mol. The standard InChI is InChI=1S/C9H17N3O/c1-8(2)12-4-3-10-5-9-6-11-7-13-9/h6-8,10,12H,3-5H2,1-2H3. The third-order valence-electron chi connectivity index (χ3n) is 1.64. The van der Waals surface area contributed by atoms with Crippen molar-refractivity contribution in [3.63, 3.8) is 0 Å². The van der Waals surface area contributed by atoms with E-state index in [2.05, 4.69) is 29.5 Å². The molecule has 0 unspecified atom stereocenters. The van der Waals surface area contributed by atoms with Gasteiger partial charge in [0.25, 0.3) is 0 Å². The van der Waals surface area contributed by atoms with E-state index in [1.165, 1.54) is 6.39 Å². The minimum absolute atomic E-state index is 0.548. The molecule has 4 nitrogen and oxygen atoms in total. The van der Waals surface area contributed by atoms with Crippen LogP contribution in [-0.2, 0) is 6.54 Å². The maximum absolute atomic E-state index is 5.07. The van der Waals surface area contributed by atoms with E-state index in [1.807, 2.05) is 0 Å². The van der Waals surface area contributed by atoms with Crippen LogP contribution >= 0.6 is 0 Å². The smallest absolute Gasteiger partial charge is 0.180 e. The Bertz CT molecular complexity index is 209. The topological polar surface area (TPSA) is 50.1 Å². The molecule has 0 saturated carbocycles. The second kappa shape index (κ2) is 5.72. The molecule has 1 aromatic rings. The van der Waals surface area contributed by atoms with Crippen LogP contribution < -0.4 is 10.6 Å². The van der Waals surface area contributed by atoms with Crippen LogP contribution in [-0.4, -0.2) is 24.1 Å². The van der Waals surface area contributed by atoms with Gasteiger partial charge in [0.1, 0.15) is 5.76 Å². The lowest BCUT2D eigenvalue weighted by atomic mass is 10.4. The molecular formula is C9H17N3O. The molecule has 0 aliphatic carbocycles. The molecule has 0 saturated heterocycles. The van der Waals surface area contributed by atoms with Crippen molar-refractivity contribution in [3.05, 3.63) is 18.4 Å². The van der Waals surface area contributed by atoms with Gasteiger partial charge in [-0.1, -0.05) is 13.8 Å². The van der Waals surface area contributed by atoms with E-state index in [0.717, 1.165) is 25.4 Å². The van der Waals surface area contributed by atoms with Gasteiger partial charge in [0.2, 0.25) is 0 Å². The molecule has 0 fully saturated rings. The Balaban J connectivity index is 1.96. The van der Waals surface area contributed by atoms with Gasteiger partial charge in [-0.05, 0) is 0 Å². The van der Waals surface area contributed by atoms with E-state index < -0.39 is 0 Å². The Labute approximate surface area is 78.7 Å². The van der Waals surface area contributed by atoms with Gasteiger partial charge in [-0.25, -0.2) is 4.98 Å². The molecule has 0 spiro atoms. The summed E-state index contributed by atoms with van der Waals surface area (Å²) >= 11 is 0. The van der Waals surface area contributed by atoms with Crippen LogP contribution in [0.2, 0.25) is 0 Å². The van der Waals surface area contributed by atoms with Crippen LogP contribution in [0.5, 0.6) is 0 Å². The Hall–Kier alpha value is -0.870. The van der Waals surface area contributed by atoms with Crippen molar-refractivity contribution < 1.29 is 4.42 Å². The van der Waals surface area contributed by atoms with Gasteiger partial charge in [0.15, 0.2) is 6.39 Å². The Kier molecular flexibility index (Phi) is 4.49. The zero-order valence-electron chi connectivity index (χ0n) is 8.21. The molecule has 1 rings (SSSR count). The van der Waals surface area contributed by atoms with Crippen LogP contribution in [0.25, 0.3) is 0 Å². The summed E-state index contributed by atoms with van der Waals surface area (Å²) in [5.41, 5.74) is 0. The average Bonchev–Trinajstić information content (AvgIpc) is 2.55. The molecule has 1 heterocycles. The molecule has 0 bridgehead atoms. The van der Waals surface area contributed by atoms with E-state index in [0.29, 0.717) is 6.04 Å². The van der Waals surface area contributed by atoms with E-state index in [-0.39, 0.29) is 0 Å². The lowest BCUT2D eigenvalue weighted by molar-refractivity contribution is 0.472. The van der Waals surface area contributed by atoms with Gasteiger partial charge in [-0.3, -0.25) is 0 Å². The van der Waals surface area contributed by atoms with E-state index >= 15 is 0 Å². The highest BCUT2D eigenvalue weighted by atomic mass is 16.3. The van der Waals surface area contributed by atoms with E-state index in [9.17, 15) is 0 Å². The Morgan fingerprint density at radius 3 is 2.92 bits per heavy atom. The lowest BCUT2D eigenvalue weighted by Gasteiger charge is -2.07. The fourth-order valence-electron chi connectivity index (χ4n) is 0.990. The zero-order valence-corrected chi connectivity index (χ0v) is 8.21. The van der Waals surface area contributed by atoms with Crippen molar-refractivity contribution in [2.45, 2.75) is 26.4 Å². The summed E-state index contributed by atoms with van der Waals surface area (Å²) in [4.78, 5) is 3.83. The van der Waals surface area contributed by atoms with Gasteiger partial charge >= 0.3 is 0 Å². The number of oxazole rings is 1. The molecule has 4 heteroatoms. The van der Waals surface area contributed by atoms with Gasteiger partial charge in [0, 0.05) is 19.1 Å². The highest BCUT2D eigenvalue weighted by Gasteiger charge is 1.95. The molecule has 0 amide bonds. The van der Waals surface area contributed by atoms with Crippen molar-refractivity contribution >= 4 is 0 Å². The van der Waals surface area contributed by atoms with Crippen LogP contribution in [0.4, 0.5) is 0 Å². The predicted molar refractivity (Wildman–Crippen MR) is 51.3 cm³/mol. The summed E-state index contributed by atoms with van der Waals surface area (Å²) < 4.78 is 5.07. The maximum Gasteiger partial charge on any atom is 0.180 e. The van der Waals surface area contributed by atoms with Crippen LogP contribution in [0.15, 0.2) is 17.0 Å². The normalized spacial score (nSPS) is 11.0. The van der Waals surface area contributed by atoms with Crippen LogP contribution in [0.1, 0.15) is 19.6 Å². The van der Waals surface area contributed by atoms with Crippen molar-refractivity contribution in [2.24, 2.45) is 0 Å². The maximum atomic E-state index is 5.07. The molecule has 1 aromatic heterocycles. The number of rotatable bonds is 6. The van der Waals surface area contributed by atoms with Gasteiger partial charge in [-0.15, -0.1) is 0 Å².